The topological polar surface area (TPSA) is 24.4 Å². The average molecular weight is 252 g/mol. The molecular weight excluding hydrogens is 228 g/mol. The van der Waals surface area contributed by atoms with Crippen molar-refractivity contribution in [1.29, 1.82) is 0 Å². The lowest BCUT2D eigenvalue weighted by molar-refractivity contribution is 0.335. The van der Waals surface area contributed by atoms with Crippen molar-refractivity contribution in [1.82, 2.24) is 5.32 Å². The molecule has 3 aliphatic rings. The van der Waals surface area contributed by atoms with E-state index < -0.39 is 0 Å². The lowest BCUT2D eigenvalue weighted by Crippen LogP contribution is -2.38. The van der Waals surface area contributed by atoms with Gasteiger partial charge in [0.1, 0.15) is 0 Å². The molecule has 0 radical (unpaired) electrons. The highest BCUT2D eigenvalue weighted by Gasteiger charge is 2.30. The van der Waals surface area contributed by atoms with Crippen LogP contribution < -0.4 is 5.32 Å². The van der Waals surface area contributed by atoms with Crippen molar-refractivity contribution in [3.05, 3.63) is 0 Å². The molecule has 4 unspecified atom stereocenters. The van der Waals surface area contributed by atoms with E-state index in [1.54, 1.807) is 0 Å². The van der Waals surface area contributed by atoms with Crippen molar-refractivity contribution < 1.29 is 0 Å². The second-order valence-corrected chi connectivity index (χ2v) is 7.13. The zero-order chi connectivity index (χ0) is 11.7. The number of rotatable bonds is 1. The van der Waals surface area contributed by atoms with Gasteiger partial charge in [-0.15, -0.1) is 0 Å². The molecule has 2 aliphatic carbocycles. The van der Waals surface area contributed by atoms with Crippen molar-refractivity contribution in [3.63, 3.8) is 0 Å². The highest BCUT2D eigenvalue weighted by molar-refractivity contribution is 8.13. The van der Waals surface area contributed by atoms with E-state index in [-0.39, 0.29) is 0 Å². The first-order valence-corrected chi connectivity index (χ1v) is 8.27. The van der Waals surface area contributed by atoms with Crippen molar-refractivity contribution in [3.8, 4) is 0 Å². The van der Waals surface area contributed by atoms with Gasteiger partial charge in [0.05, 0.1) is 6.04 Å². The smallest absolute Gasteiger partial charge is 0.157 e. The highest BCUT2D eigenvalue weighted by Crippen LogP contribution is 2.34. The molecule has 17 heavy (non-hydrogen) atoms. The Labute approximate surface area is 109 Å². The molecule has 0 aromatic heterocycles. The van der Waals surface area contributed by atoms with Crippen LogP contribution in [0.1, 0.15) is 51.9 Å². The number of aliphatic imine (C=N–C) groups is 1. The third kappa shape index (κ3) is 2.81. The molecule has 0 aromatic carbocycles. The number of nitrogens with zero attached hydrogens (tertiary/aromatic N) is 1. The highest BCUT2D eigenvalue weighted by atomic mass is 32.2. The summed E-state index contributed by atoms with van der Waals surface area (Å²) in [6, 6.07) is 1.35. The second-order valence-electron chi connectivity index (χ2n) is 6.12. The van der Waals surface area contributed by atoms with E-state index in [1.807, 2.05) is 11.8 Å². The number of fused-ring (bicyclic) bond motifs is 1. The summed E-state index contributed by atoms with van der Waals surface area (Å²) in [6.45, 7) is 2.37. The molecule has 96 valence electrons. The SMILES string of the molecule is CC1CCC(NC2=NC3CCCCC3CS2)C1. The zero-order valence-corrected chi connectivity index (χ0v) is 11.6. The Morgan fingerprint density at radius 2 is 2.06 bits per heavy atom. The summed E-state index contributed by atoms with van der Waals surface area (Å²) in [7, 11) is 0. The molecular formula is C14H24N2S. The van der Waals surface area contributed by atoms with Crippen LogP contribution in [0.2, 0.25) is 0 Å². The van der Waals surface area contributed by atoms with Gasteiger partial charge < -0.3 is 5.32 Å². The van der Waals surface area contributed by atoms with Crippen LogP contribution >= 0.6 is 11.8 Å². The normalized spacial score (nSPS) is 41.8. The van der Waals surface area contributed by atoms with Crippen molar-refractivity contribution >= 4 is 16.9 Å². The van der Waals surface area contributed by atoms with Gasteiger partial charge in [0, 0.05) is 11.8 Å². The molecule has 0 aromatic rings. The number of amidine groups is 1. The Balaban J connectivity index is 1.58. The molecule has 1 N–H and O–H groups in total. The molecule has 3 heteroatoms. The minimum Gasteiger partial charge on any atom is -0.362 e. The lowest BCUT2D eigenvalue weighted by Gasteiger charge is -2.33. The third-order valence-electron chi connectivity index (χ3n) is 4.61. The standard InChI is InChI=1S/C14H24N2S/c1-10-6-7-12(8-10)15-14-16-13-5-3-2-4-11(13)9-17-14/h10-13H,2-9H2,1H3,(H,15,16). The Bertz CT molecular complexity index is 303. The predicted octanol–water partition coefficient (Wildman–Crippen LogP) is 3.43. The van der Waals surface area contributed by atoms with E-state index in [4.69, 9.17) is 4.99 Å². The molecule has 0 saturated heterocycles. The van der Waals surface area contributed by atoms with Crippen LogP contribution in [0.15, 0.2) is 4.99 Å². The van der Waals surface area contributed by atoms with Gasteiger partial charge in [0.2, 0.25) is 0 Å². The van der Waals surface area contributed by atoms with E-state index in [1.165, 1.54) is 55.9 Å². The van der Waals surface area contributed by atoms with Crippen molar-refractivity contribution in [2.75, 3.05) is 5.75 Å². The number of thioether (sulfide) groups is 1. The van der Waals surface area contributed by atoms with E-state index >= 15 is 0 Å². The number of hydrogen-bond acceptors (Lipinski definition) is 3. The molecule has 0 amide bonds. The Kier molecular flexibility index (Phi) is 3.64. The maximum absolute atomic E-state index is 4.96. The lowest BCUT2D eigenvalue weighted by atomic mass is 9.86. The minimum atomic E-state index is 0.645. The van der Waals surface area contributed by atoms with Crippen LogP contribution in [-0.2, 0) is 0 Å². The van der Waals surface area contributed by atoms with E-state index in [9.17, 15) is 0 Å². The summed E-state index contributed by atoms with van der Waals surface area (Å²) in [5, 5.41) is 4.95. The van der Waals surface area contributed by atoms with Crippen LogP contribution in [0.4, 0.5) is 0 Å². The Hall–Kier alpha value is -0.180. The van der Waals surface area contributed by atoms with E-state index in [0.717, 1.165) is 11.8 Å². The summed E-state index contributed by atoms with van der Waals surface area (Å²) in [6.07, 6.45) is 9.64. The van der Waals surface area contributed by atoms with Gasteiger partial charge in [-0.2, -0.15) is 0 Å². The maximum Gasteiger partial charge on any atom is 0.157 e. The molecule has 4 atom stereocenters. The van der Waals surface area contributed by atoms with Crippen LogP contribution in [0, 0.1) is 11.8 Å². The Morgan fingerprint density at radius 3 is 2.88 bits per heavy atom. The molecule has 1 aliphatic heterocycles. The van der Waals surface area contributed by atoms with Gasteiger partial charge in [-0.25, -0.2) is 0 Å². The molecule has 0 bridgehead atoms. The first-order chi connectivity index (χ1) is 8.31. The van der Waals surface area contributed by atoms with Crippen LogP contribution in [0.5, 0.6) is 0 Å². The van der Waals surface area contributed by atoms with Crippen LogP contribution in [-0.4, -0.2) is 23.0 Å². The monoisotopic (exact) mass is 252 g/mol. The number of nitrogens with one attached hydrogen (secondary N) is 1. The molecule has 1 heterocycles. The average Bonchev–Trinajstić information content (AvgIpc) is 2.75. The van der Waals surface area contributed by atoms with Gasteiger partial charge >= 0.3 is 0 Å². The molecule has 2 nitrogen and oxygen atoms in total. The summed E-state index contributed by atoms with van der Waals surface area (Å²) in [5.41, 5.74) is 0. The van der Waals surface area contributed by atoms with Crippen molar-refractivity contribution in [2.24, 2.45) is 16.8 Å². The fraction of sp³-hybridized carbons (Fsp3) is 0.929. The zero-order valence-electron chi connectivity index (χ0n) is 10.8. The van der Waals surface area contributed by atoms with Crippen molar-refractivity contribution in [2.45, 2.75) is 64.0 Å². The van der Waals surface area contributed by atoms with E-state index in [2.05, 4.69) is 12.2 Å². The predicted molar refractivity (Wildman–Crippen MR) is 75.6 cm³/mol. The summed E-state index contributed by atoms with van der Waals surface area (Å²) in [5.74, 6) is 3.09. The third-order valence-corrected chi connectivity index (χ3v) is 5.70. The molecule has 3 rings (SSSR count). The molecule has 2 fully saturated rings. The fourth-order valence-electron chi connectivity index (χ4n) is 3.52. The fourth-order valence-corrected chi connectivity index (χ4v) is 4.74. The molecule has 2 saturated carbocycles. The maximum atomic E-state index is 4.96. The first-order valence-electron chi connectivity index (χ1n) is 7.28. The van der Waals surface area contributed by atoms with Gasteiger partial charge in [0.25, 0.3) is 0 Å². The van der Waals surface area contributed by atoms with Crippen LogP contribution in [0.3, 0.4) is 0 Å². The van der Waals surface area contributed by atoms with E-state index in [0.29, 0.717) is 12.1 Å². The summed E-state index contributed by atoms with van der Waals surface area (Å²) < 4.78 is 0. The Morgan fingerprint density at radius 1 is 1.18 bits per heavy atom. The molecule has 0 spiro atoms. The summed E-state index contributed by atoms with van der Waals surface area (Å²) in [4.78, 5) is 4.96. The second kappa shape index (κ2) is 5.21. The minimum absolute atomic E-state index is 0.645. The number of hydrogen-bond donors (Lipinski definition) is 1. The van der Waals surface area contributed by atoms with Gasteiger partial charge in [0.15, 0.2) is 5.17 Å². The summed E-state index contributed by atoms with van der Waals surface area (Å²) >= 11 is 1.98. The van der Waals surface area contributed by atoms with Gasteiger partial charge in [-0.3, -0.25) is 4.99 Å². The van der Waals surface area contributed by atoms with Gasteiger partial charge in [-0.1, -0.05) is 31.5 Å². The first kappa shape index (κ1) is 11.9. The van der Waals surface area contributed by atoms with Crippen LogP contribution in [0.25, 0.3) is 0 Å². The largest absolute Gasteiger partial charge is 0.362 e. The van der Waals surface area contributed by atoms with Gasteiger partial charge in [-0.05, 0) is 43.9 Å². The quantitative estimate of drug-likeness (QED) is 0.773.